The summed E-state index contributed by atoms with van der Waals surface area (Å²) in [7, 11) is 0. The summed E-state index contributed by atoms with van der Waals surface area (Å²) in [6.07, 6.45) is 21.7. The molecule has 2 saturated carbocycles. The van der Waals surface area contributed by atoms with Crippen LogP contribution in [0.25, 0.3) is 0 Å². The normalized spacial score (nSPS) is 21.3. The Hall–Kier alpha value is -0.0800. The standard InChI is InChI=1S/C18H25NO/c20-14-8-2-1-7-13-19(15-17-9-3-4-10-17)16-18-11-5-6-12-18/h3-6,9-12,20H,1-2,7-8,13-16H2. The van der Waals surface area contributed by atoms with E-state index in [1.807, 2.05) is 0 Å². The summed E-state index contributed by atoms with van der Waals surface area (Å²) in [5.74, 6) is 2.79. The molecule has 0 aromatic carbocycles. The molecule has 10 radical (unpaired) electrons. The third-order valence-electron chi connectivity index (χ3n) is 3.66. The zero-order valence-electron chi connectivity index (χ0n) is 12.2. The monoisotopic (exact) mass is 271 g/mol. The first-order valence-electron chi connectivity index (χ1n) is 7.63. The fourth-order valence-electron chi connectivity index (χ4n) is 2.57. The maximum Gasteiger partial charge on any atom is 0.0431 e. The van der Waals surface area contributed by atoms with Gasteiger partial charge in [-0.25, -0.2) is 0 Å². The quantitative estimate of drug-likeness (QED) is 0.618. The van der Waals surface area contributed by atoms with Gasteiger partial charge in [0.05, 0.1) is 0 Å². The summed E-state index contributed by atoms with van der Waals surface area (Å²) in [5, 5.41) is 8.81. The smallest absolute Gasteiger partial charge is 0.0431 e. The summed E-state index contributed by atoms with van der Waals surface area (Å²) >= 11 is 0. The van der Waals surface area contributed by atoms with Crippen LogP contribution in [0.1, 0.15) is 25.7 Å². The van der Waals surface area contributed by atoms with E-state index in [0.29, 0.717) is 6.61 Å². The van der Waals surface area contributed by atoms with E-state index < -0.39 is 0 Å². The van der Waals surface area contributed by atoms with Crippen molar-refractivity contribution in [3.8, 4) is 0 Å². The van der Waals surface area contributed by atoms with E-state index in [1.165, 1.54) is 24.7 Å². The van der Waals surface area contributed by atoms with Crippen LogP contribution in [0.2, 0.25) is 0 Å². The molecule has 2 rings (SSSR count). The molecule has 0 amide bonds. The van der Waals surface area contributed by atoms with Crippen LogP contribution in [0.3, 0.4) is 0 Å². The molecule has 20 heavy (non-hydrogen) atoms. The topological polar surface area (TPSA) is 23.5 Å². The van der Waals surface area contributed by atoms with E-state index in [4.69, 9.17) is 5.11 Å². The molecule has 0 spiro atoms. The van der Waals surface area contributed by atoms with Gasteiger partial charge >= 0.3 is 0 Å². The van der Waals surface area contributed by atoms with Crippen LogP contribution in [0.5, 0.6) is 0 Å². The van der Waals surface area contributed by atoms with Crippen LogP contribution in [0.4, 0.5) is 0 Å². The third kappa shape index (κ3) is 6.13. The summed E-state index contributed by atoms with van der Waals surface area (Å²) in [6.45, 7) is 3.50. The van der Waals surface area contributed by atoms with Crippen molar-refractivity contribution in [3.05, 3.63) is 63.2 Å². The van der Waals surface area contributed by atoms with Crippen LogP contribution in [0, 0.1) is 63.2 Å². The van der Waals surface area contributed by atoms with Gasteiger partial charge in [-0.15, -0.1) is 0 Å². The molecule has 0 aromatic rings. The van der Waals surface area contributed by atoms with Crippen molar-refractivity contribution >= 4 is 0 Å². The molecule has 0 aromatic heterocycles. The molecule has 1 N–H and O–H groups in total. The SMILES string of the molecule is OCCCCCCN(C[C]1[CH][CH][CH][CH]1)C[C]1[CH][CH][CH][CH]1. The fourth-order valence-corrected chi connectivity index (χ4v) is 2.57. The Balaban J connectivity index is 1.67. The molecule has 2 heteroatoms. The Morgan fingerprint density at radius 3 is 1.70 bits per heavy atom. The number of aliphatic hydroxyl groups excluding tert-OH is 1. The Labute approximate surface area is 125 Å². The zero-order chi connectivity index (χ0) is 14.0. The van der Waals surface area contributed by atoms with Crippen molar-refractivity contribution in [1.29, 1.82) is 0 Å². The second-order valence-electron chi connectivity index (χ2n) is 5.43. The maximum atomic E-state index is 8.81. The molecule has 0 unspecified atom stereocenters. The molecular weight excluding hydrogens is 246 g/mol. The molecule has 2 aliphatic carbocycles. The molecule has 0 bridgehead atoms. The molecule has 0 heterocycles. The number of hydrogen-bond donors (Lipinski definition) is 1. The highest BCUT2D eigenvalue weighted by molar-refractivity contribution is 5.38. The van der Waals surface area contributed by atoms with Gasteiger partial charge in [0.2, 0.25) is 0 Å². The zero-order valence-corrected chi connectivity index (χ0v) is 12.2. The predicted octanol–water partition coefficient (Wildman–Crippen LogP) is 2.65. The van der Waals surface area contributed by atoms with Gasteiger partial charge in [0.15, 0.2) is 0 Å². The van der Waals surface area contributed by atoms with Gasteiger partial charge < -0.3 is 10.0 Å². The lowest BCUT2D eigenvalue weighted by molar-refractivity contribution is 0.273. The summed E-state index contributed by atoms with van der Waals surface area (Å²) in [4.78, 5) is 2.52. The van der Waals surface area contributed by atoms with Crippen molar-refractivity contribution in [2.24, 2.45) is 0 Å². The van der Waals surface area contributed by atoms with Crippen molar-refractivity contribution in [2.45, 2.75) is 25.7 Å². The van der Waals surface area contributed by atoms with Gasteiger partial charge in [0.1, 0.15) is 0 Å². The molecule has 2 aliphatic rings. The third-order valence-corrected chi connectivity index (χ3v) is 3.66. The van der Waals surface area contributed by atoms with Crippen molar-refractivity contribution < 1.29 is 5.11 Å². The summed E-state index contributed by atoms with van der Waals surface area (Å²) < 4.78 is 0. The number of nitrogens with zero attached hydrogens (tertiary/aromatic N) is 1. The van der Waals surface area contributed by atoms with E-state index in [9.17, 15) is 0 Å². The van der Waals surface area contributed by atoms with Gasteiger partial charge in [-0.05, 0) is 82.6 Å². The van der Waals surface area contributed by atoms with Crippen LogP contribution in [0.15, 0.2) is 0 Å². The summed E-state index contributed by atoms with van der Waals surface area (Å²) in [6, 6.07) is 0. The van der Waals surface area contributed by atoms with E-state index in [0.717, 1.165) is 32.5 Å². The summed E-state index contributed by atoms with van der Waals surface area (Å²) in [5.41, 5.74) is 0. The van der Waals surface area contributed by atoms with Gasteiger partial charge in [-0.2, -0.15) is 0 Å². The van der Waals surface area contributed by atoms with Gasteiger partial charge in [-0.1, -0.05) is 12.8 Å². The lowest BCUT2D eigenvalue weighted by Crippen LogP contribution is -2.33. The van der Waals surface area contributed by atoms with Crippen LogP contribution in [-0.2, 0) is 0 Å². The average molecular weight is 271 g/mol. The van der Waals surface area contributed by atoms with Crippen molar-refractivity contribution in [2.75, 3.05) is 26.2 Å². The largest absolute Gasteiger partial charge is 0.396 e. The molecular formula is C18H25NO. The first-order valence-corrected chi connectivity index (χ1v) is 7.63. The second-order valence-corrected chi connectivity index (χ2v) is 5.43. The Morgan fingerprint density at radius 1 is 0.700 bits per heavy atom. The van der Waals surface area contributed by atoms with Gasteiger partial charge in [0.25, 0.3) is 0 Å². The molecule has 2 fully saturated rings. The first-order chi connectivity index (χ1) is 9.88. The van der Waals surface area contributed by atoms with Crippen LogP contribution in [-0.4, -0.2) is 36.2 Å². The highest BCUT2D eigenvalue weighted by atomic mass is 16.2. The minimum absolute atomic E-state index is 0.324. The van der Waals surface area contributed by atoms with Crippen LogP contribution < -0.4 is 0 Å². The highest BCUT2D eigenvalue weighted by Crippen LogP contribution is 2.27. The lowest BCUT2D eigenvalue weighted by atomic mass is 10.0. The predicted molar refractivity (Wildman–Crippen MR) is 82.9 cm³/mol. The second kappa shape index (κ2) is 9.78. The number of rotatable bonds is 10. The Kier molecular flexibility index (Phi) is 7.97. The first kappa shape index (κ1) is 16.3. The van der Waals surface area contributed by atoms with E-state index in [2.05, 4.69) is 56.3 Å². The fraction of sp³-hybridized carbons (Fsp3) is 0.444. The minimum Gasteiger partial charge on any atom is -0.396 e. The minimum atomic E-state index is 0.324. The van der Waals surface area contributed by atoms with E-state index >= 15 is 0 Å². The molecule has 0 atom stereocenters. The van der Waals surface area contributed by atoms with Gasteiger partial charge in [-0.3, -0.25) is 0 Å². The van der Waals surface area contributed by atoms with E-state index in [-0.39, 0.29) is 0 Å². The molecule has 2 nitrogen and oxygen atoms in total. The Bertz CT molecular complexity index is 214. The highest BCUT2D eigenvalue weighted by Gasteiger charge is 2.24. The Morgan fingerprint density at radius 2 is 1.20 bits per heavy atom. The number of unbranched alkanes of at least 4 members (excludes halogenated alkanes) is 3. The van der Waals surface area contributed by atoms with Gasteiger partial charge in [0, 0.05) is 19.7 Å². The van der Waals surface area contributed by atoms with Crippen molar-refractivity contribution in [1.82, 2.24) is 4.90 Å². The van der Waals surface area contributed by atoms with E-state index in [1.54, 1.807) is 0 Å². The lowest BCUT2D eigenvalue weighted by Gasteiger charge is -2.27. The number of aliphatic hydroxyl groups is 1. The molecule has 0 aliphatic heterocycles. The average Bonchev–Trinajstić information content (AvgIpc) is 3.12. The molecule has 108 valence electrons. The molecule has 0 saturated heterocycles. The van der Waals surface area contributed by atoms with Crippen LogP contribution >= 0.6 is 0 Å². The maximum absolute atomic E-state index is 8.81. The van der Waals surface area contributed by atoms with Crippen molar-refractivity contribution in [3.63, 3.8) is 0 Å². The number of hydrogen-bond acceptors (Lipinski definition) is 2.